The van der Waals surface area contributed by atoms with E-state index in [1.54, 1.807) is 6.07 Å². The van der Waals surface area contributed by atoms with E-state index < -0.39 is 10.0 Å². The van der Waals surface area contributed by atoms with Gasteiger partial charge in [-0.2, -0.15) is 4.31 Å². The number of nitrogens with one attached hydrogen (secondary N) is 1. The molecule has 21 heavy (non-hydrogen) atoms. The first kappa shape index (κ1) is 15.5. The Kier molecular flexibility index (Phi) is 4.70. The first-order chi connectivity index (χ1) is 10.1. The average molecular weight is 379 g/mol. The molecule has 3 rings (SSSR count). The topological polar surface area (TPSA) is 71.8 Å². The summed E-state index contributed by atoms with van der Waals surface area (Å²) in [7, 11) is -3.53. The van der Waals surface area contributed by atoms with Crippen molar-refractivity contribution >= 4 is 26.0 Å². The maximum atomic E-state index is 12.7. The second-order valence-electron chi connectivity index (χ2n) is 5.38. The minimum absolute atomic E-state index is 0.206. The maximum Gasteiger partial charge on any atom is 0.247 e. The van der Waals surface area contributed by atoms with Crippen molar-refractivity contribution in [2.75, 3.05) is 26.3 Å². The number of nitrogens with zero attached hydrogens (tertiary/aromatic N) is 1. The summed E-state index contributed by atoms with van der Waals surface area (Å²) in [5.74, 6) is 0.637. The van der Waals surface area contributed by atoms with Crippen LogP contribution in [0.1, 0.15) is 25.0 Å². The van der Waals surface area contributed by atoms with Crippen LogP contribution in [0.15, 0.2) is 20.0 Å². The SMILES string of the molecule is O=S(=O)(c1cc(CNC2CC2)oc1Br)N1CCCOCC1. The summed E-state index contributed by atoms with van der Waals surface area (Å²) in [6.07, 6.45) is 3.08. The number of sulfonamides is 1. The molecule has 8 heteroatoms. The van der Waals surface area contributed by atoms with Gasteiger partial charge in [0.15, 0.2) is 4.67 Å². The van der Waals surface area contributed by atoms with Gasteiger partial charge in [-0.15, -0.1) is 0 Å². The maximum absolute atomic E-state index is 12.7. The minimum atomic E-state index is -3.53. The lowest BCUT2D eigenvalue weighted by Gasteiger charge is -2.18. The fraction of sp³-hybridized carbons (Fsp3) is 0.692. The van der Waals surface area contributed by atoms with E-state index in [0.29, 0.717) is 51.1 Å². The smallest absolute Gasteiger partial charge is 0.247 e. The predicted octanol–water partition coefficient (Wildman–Crippen LogP) is 1.71. The van der Waals surface area contributed by atoms with Crippen LogP contribution in [0.5, 0.6) is 0 Å². The zero-order chi connectivity index (χ0) is 14.9. The van der Waals surface area contributed by atoms with Crippen LogP contribution >= 0.6 is 15.9 Å². The second kappa shape index (κ2) is 6.37. The molecule has 1 aliphatic heterocycles. The summed E-state index contributed by atoms with van der Waals surface area (Å²) in [5, 5.41) is 3.31. The molecule has 0 spiro atoms. The third-order valence-electron chi connectivity index (χ3n) is 3.65. The largest absolute Gasteiger partial charge is 0.452 e. The molecule has 6 nitrogen and oxygen atoms in total. The zero-order valence-corrected chi connectivity index (χ0v) is 14.1. The van der Waals surface area contributed by atoms with Crippen LogP contribution in [0.2, 0.25) is 0 Å². The molecule has 0 aromatic carbocycles. The summed E-state index contributed by atoms with van der Waals surface area (Å²) in [6.45, 7) is 2.47. The molecule has 1 N–H and O–H groups in total. The van der Waals surface area contributed by atoms with Crippen molar-refractivity contribution in [2.24, 2.45) is 0 Å². The Labute approximate surface area is 133 Å². The van der Waals surface area contributed by atoms with Gasteiger partial charge < -0.3 is 14.5 Å². The highest BCUT2D eigenvalue weighted by atomic mass is 79.9. The van der Waals surface area contributed by atoms with Crippen molar-refractivity contribution in [3.63, 3.8) is 0 Å². The first-order valence-electron chi connectivity index (χ1n) is 7.17. The number of hydrogen-bond acceptors (Lipinski definition) is 5. The van der Waals surface area contributed by atoms with Crippen LogP contribution in [0.25, 0.3) is 0 Å². The molecule has 1 aromatic heterocycles. The third kappa shape index (κ3) is 3.68. The summed E-state index contributed by atoms with van der Waals surface area (Å²) >= 11 is 3.23. The van der Waals surface area contributed by atoms with Crippen LogP contribution in [0.3, 0.4) is 0 Å². The third-order valence-corrected chi connectivity index (χ3v) is 6.40. The molecule has 1 saturated carbocycles. The van der Waals surface area contributed by atoms with Gasteiger partial charge in [0.1, 0.15) is 10.7 Å². The summed E-state index contributed by atoms with van der Waals surface area (Å²) in [5.41, 5.74) is 0. The molecule has 2 fully saturated rings. The van der Waals surface area contributed by atoms with Gasteiger partial charge >= 0.3 is 0 Å². The van der Waals surface area contributed by atoms with E-state index in [1.165, 1.54) is 17.1 Å². The second-order valence-corrected chi connectivity index (χ2v) is 8.00. The molecule has 1 saturated heterocycles. The Hall–Kier alpha value is -0.410. The van der Waals surface area contributed by atoms with Crippen LogP contribution < -0.4 is 5.32 Å². The Morgan fingerprint density at radius 2 is 2.14 bits per heavy atom. The number of furan rings is 1. The lowest BCUT2D eigenvalue weighted by Crippen LogP contribution is -2.33. The van der Waals surface area contributed by atoms with Crippen molar-refractivity contribution in [3.8, 4) is 0 Å². The lowest BCUT2D eigenvalue weighted by molar-refractivity contribution is 0.148. The molecule has 0 radical (unpaired) electrons. The highest BCUT2D eigenvalue weighted by Gasteiger charge is 2.30. The average Bonchev–Trinajstić information content (AvgIpc) is 3.23. The van der Waals surface area contributed by atoms with Gasteiger partial charge in [0, 0.05) is 31.8 Å². The van der Waals surface area contributed by atoms with Crippen molar-refractivity contribution < 1.29 is 17.6 Å². The van der Waals surface area contributed by atoms with Gasteiger partial charge in [0.05, 0.1) is 13.2 Å². The monoisotopic (exact) mass is 378 g/mol. The molecule has 2 aliphatic rings. The van der Waals surface area contributed by atoms with Gasteiger partial charge in [-0.3, -0.25) is 0 Å². The van der Waals surface area contributed by atoms with E-state index in [-0.39, 0.29) is 9.56 Å². The molecule has 118 valence electrons. The minimum Gasteiger partial charge on any atom is -0.452 e. The Morgan fingerprint density at radius 3 is 2.90 bits per heavy atom. The van der Waals surface area contributed by atoms with Gasteiger partial charge in [0.25, 0.3) is 0 Å². The fourth-order valence-corrected chi connectivity index (χ4v) is 4.72. The molecule has 0 atom stereocenters. The zero-order valence-electron chi connectivity index (χ0n) is 11.7. The molecule has 1 aliphatic carbocycles. The van der Waals surface area contributed by atoms with Gasteiger partial charge in [-0.25, -0.2) is 8.42 Å². The van der Waals surface area contributed by atoms with E-state index in [4.69, 9.17) is 9.15 Å². The lowest BCUT2D eigenvalue weighted by atomic mass is 10.4. The quantitative estimate of drug-likeness (QED) is 0.843. The van der Waals surface area contributed by atoms with E-state index in [2.05, 4.69) is 21.2 Å². The van der Waals surface area contributed by atoms with Gasteiger partial charge in [-0.05, 0) is 35.2 Å². The number of ether oxygens (including phenoxy) is 1. The molecular formula is C13H19BrN2O4S. The Morgan fingerprint density at radius 1 is 1.33 bits per heavy atom. The highest BCUT2D eigenvalue weighted by molar-refractivity contribution is 9.10. The normalized spacial score (nSPS) is 21.4. The van der Waals surface area contributed by atoms with Gasteiger partial charge in [0.2, 0.25) is 10.0 Å². The van der Waals surface area contributed by atoms with Gasteiger partial charge in [-0.1, -0.05) is 0 Å². The van der Waals surface area contributed by atoms with E-state index in [0.717, 1.165) is 0 Å². The van der Waals surface area contributed by atoms with E-state index in [1.807, 2.05) is 0 Å². The highest BCUT2D eigenvalue weighted by Crippen LogP contribution is 2.30. The summed E-state index contributed by atoms with van der Waals surface area (Å²) < 4.78 is 37.9. The first-order valence-corrected chi connectivity index (χ1v) is 9.40. The Bertz CT molecular complexity index is 589. The molecule has 0 unspecified atom stereocenters. The summed E-state index contributed by atoms with van der Waals surface area (Å²) in [6, 6.07) is 2.16. The van der Waals surface area contributed by atoms with Crippen LogP contribution in [0.4, 0.5) is 0 Å². The van der Waals surface area contributed by atoms with Crippen LogP contribution in [0, 0.1) is 0 Å². The molecule has 0 amide bonds. The fourth-order valence-electron chi connectivity index (χ4n) is 2.30. The number of hydrogen-bond donors (Lipinski definition) is 1. The van der Waals surface area contributed by atoms with Crippen molar-refractivity contribution in [1.82, 2.24) is 9.62 Å². The number of halogens is 1. The summed E-state index contributed by atoms with van der Waals surface area (Å²) in [4.78, 5) is 0.206. The standard InChI is InChI=1S/C13H19BrN2O4S/c14-13-12(8-11(20-13)9-15-10-2-3-10)21(17,18)16-4-1-6-19-7-5-16/h8,10,15H,1-7,9H2. The molecule has 0 bridgehead atoms. The molecular weight excluding hydrogens is 360 g/mol. The van der Waals surface area contributed by atoms with Crippen molar-refractivity contribution in [1.29, 1.82) is 0 Å². The van der Waals surface area contributed by atoms with E-state index in [9.17, 15) is 8.42 Å². The van der Waals surface area contributed by atoms with Crippen LogP contribution in [-0.4, -0.2) is 45.1 Å². The number of rotatable bonds is 5. The molecule has 2 heterocycles. The van der Waals surface area contributed by atoms with Crippen molar-refractivity contribution in [2.45, 2.75) is 36.7 Å². The van der Waals surface area contributed by atoms with Crippen molar-refractivity contribution in [3.05, 3.63) is 16.5 Å². The molecule has 1 aromatic rings. The van der Waals surface area contributed by atoms with Crippen LogP contribution in [-0.2, 0) is 21.3 Å². The van der Waals surface area contributed by atoms with E-state index >= 15 is 0 Å². The predicted molar refractivity (Wildman–Crippen MR) is 80.5 cm³/mol. The Balaban J connectivity index is 1.76.